The van der Waals surface area contributed by atoms with Crippen LogP contribution in [0, 0.1) is 0 Å². The van der Waals surface area contributed by atoms with Crippen LogP contribution in [0.5, 0.6) is 5.75 Å². The molecule has 1 aliphatic rings. The van der Waals surface area contributed by atoms with Gasteiger partial charge in [0.25, 0.3) is 0 Å². The van der Waals surface area contributed by atoms with E-state index in [1.165, 1.54) is 6.92 Å². The molecule has 2 atom stereocenters. The number of aliphatic carboxylic acids is 1. The highest BCUT2D eigenvalue weighted by atomic mass is 79.9. The number of benzene rings is 1. The maximum atomic E-state index is 11.0. The van der Waals surface area contributed by atoms with Crippen molar-refractivity contribution in [1.29, 1.82) is 0 Å². The third-order valence-corrected chi connectivity index (χ3v) is 3.42. The molecule has 1 aliphatic heterocycles. The van der Waals surface area contributed by atoms with Crippen molar-refractivity contribution in [2.45, 2.75) is 26.1 Å². The normalized spacial score (nSPS) is 18.8. The Kier molecular flexibility index (Phi) is 5.19. The van der Waals surface area contributed by atoms with Gasteiger partial charge in [-0.1, -0.05) is 21.1 Å². The second-order valence-electron chi connectivity index (χ2n) is 4.46. The van der Waals surface area contributed by atoms with E-state index in [-0.39, 0.29) is 6.10 Å². The second-order valence-corrected chi connectivity index (χ2v) is 5.37. The fourth-order valence-corrected chi connectivity index (χ4v) is 2.27. The molecule has 1 N–H and O–H groups in total. The van der Waals surface area contributed by atoms with E-state index in [9.17, 15) is 4.79 Å². The van der Waals surface area contributed by atoms with Crippen LogP contribution in [-0.4, -0.2) is 42.2 Å². The maximum absolute atomic E-state index is 11.0. The standard InChI is InChI=1S/C14H16BrNO5/c1-3-19-12-7-20-16-13(12)10-6-9(15)4-5-11(10)21-8(2)14(17)18/h4-6,8,12H,3,7H2,1-2H3,(H,17,18)/t8-,12?/m0/s1. The minimum atomic E-state index is -1.03. The first-order valence-electron chi connectivity index (χ1n) is 6.53. The van der Waals surface area contributed by atoms with Gasteiger partial charge in [-0.2, -0.15) is 0 Å². The highest BCUT2D eigenvalue weighted by Crippen LogP contribution is 2.28. The Morgan fingerprint density at radius 1 is 1.62 bits per heavy atom. The summed E-state index contributed by atoms with van der Waals surface area (Å²) in [5, 5.41) is 13.0. The average Bonchev–Trinajstić information content (AvgIpc) is 2.89. The predicted octanol–water partition coefficient (Wildman–Crippen LogP) is 2.44. The van der Waals surface area contributed by atoms with Crippen molar-refractivity contribution < 1.29 is 24.2 Å². The molecule has 1 aromatic carbocycles. The van der Waals surface area contributed by atoms with Crippen LogP contribution in [0.4, 0.5) is 0 Å². The Morgan fingerprint density at radius 3 is 3.05 bits per heavy atom. The largest absolute Gasteiger partial charge is 0.479 e. The number of rotatable bonds is 6. The van der Waals surface area contributed by atoms with E-state index in [1.807, 2.05) is 13.0 Å². The lowest BCUT2D eigenvalue weighted by Crippen LogP contribution is -2.27. The van der Waals surface area contributed by atoms with E-state index in [0.717, 1.165) is 4.47 Å². The Morgan fingerprint density at radius 2 is 2.38 bits per heavy atom. The van der Waals surface area contributed by atoms with Crippen LogP contribution in [0.15, 0.2) is 27.8 Å². The molecule has 0 bridgehead atoms. The SMILES string of the molecule is CCOC1CON=C1c1cc(Br)ccc1O[C@@H](C)C(=O)O. The molecule has 6 nitrogen and oxygen atoms in total. The third-order valence-electron chi connectivity index (χ3n) is 2.93. The molecule has 1 heterocycles. The van der Waals surface area contributed by atoms with Crippen LogP contribution in [0.2, 0.25) is 0 Å². The summed E-state index contributed by atoms with van der Waals surface area (Å²) in [6.07, 6.45) is -1.25. The van der Waals surface area contributed by atoms with Crippen molar-refractivity contribution in [1.82, 2.24) is 0 Å². The van der Waals surface area contributed by atoms with Gasteiger partial charge >= 0.3 is 5.97 Å². The van der Waals surface area contributed by atoms with E-state index in [4.69, 9.17) is 19.4 Å². The topological polar surface area (TPSA) is 77.3 Å². The molecule has 114 valence electrons. The van der Waals surface area contributed by atoms with E-state index in [2.05, 4.69) is 21.1 Å². The number of carbonyl (C=O) groups is 1. The van der Waals surface area contributed by atoms with Crippen molar-refractivity contribution >= 4 is 27.6 Å². The molecule has 0 aromatic heterocycles. The Labute approximate surface area is 130 Å². The number of ether oxygens (including phenoxy) is 2. The van der Waals surface area contributed by atoms with Crippen LogP contribution < -0.4 is 4.74 Å². The molecule has 21 heavy (non-hydrogen) atoms. The molecule has 0 amide bonds. The zero-order valence-corrected chi connectivity index (χ0v) is 13.3. The van der Waals surface area contributed by atoms with Crippen molar-refractivity contribution in [3.8, 4) is 5.75 Å². The summed E-state index contributed by atoms with van der Waals surface area (Å²) in [6.45, 7) is 4.23. The number of carboxylic acid groups (broad SMARTS) is 1. The summed E-state index contributed by atoms with van der Waals surface area (Å²) in [4.78, 5) is 16.1. The van der Waals surface area contributed by atoms with Crippen LogP contribution in [-0.2, 0) is 14.4 Å². The number of carboxylic acids is 1. The summed E-state index contributed by atoms with van der Waals surface area (Å²) < 4.78 is 11.9. The summed E-state index contributed by atoms with van der Waals surface area (Å²) in [6, 6.07) is 5.28. The number of oxime groups is 1. The van der Waals surface area contributed by atoms with Crippen LogP contribution in [0.1, 0.15) is 19.4 Å². The van der Waals surface area contributed by atoms with Crippen molar-refractivity contribution in [2.24, 2.45) is 5.16 Å². The first-order valence-corrected chi connectivity index (χ1v) is 7.33. The van der Waals surface area contributed by atoms with Gasteiger partial charge in [0.1, 0.15) is 24.2 Å². The van der Waals surface area contributed by atoms with E-state index >= 15 is 0 Å². The molecule has 0 fully saturated rings. The van der Waals surface area contributed by atoms with Gasteiger partial charge in [-0.25, -0.2) is 4.79 Å². The molecule has 2 rings (SSSR count). The Bertz CT molecular complexity index is 560. The third kappa shape index (κ3) is 3.74. The summed E-state index contributed by atoms with van der Waals surface area (Å²) in [7, 11) is 0. The predicted molar refractivity (Wildman–Crippen MR) is 79.8 cm³/mol. The van der Waals surface area contributed by atoms with Gasteiger partial charge < -0.3 is 19.4 Å². The average molecular weight is 358 g/mol. The lowest BCUT2D eigenvalue weighted by molar-refractivity contribution is -0.144. The zero-order valence-electron chi connectivity index (χ0n) is 11.7. The number of nitrogens with zero attached hydrogens (tertiary/aromatic N) is 1. The molecule has 0 saturated heterocycles. The summed E-state index contributed by atoms with van der Waals surface area (Å²) in [5.74, 6) is -0.600. The second kappa shape index (κ2) is 6.91. The molecule has 0 saturated carbocycles. The summed E-state index contributed by atoms with van der Waals surface area (Å²) in [5.41, 5.74) is 1.26. The molecule has 0 aliphatic carbocycles. The fourth-order valence-electron chi connectivity index (χ4n) is 1.91. The molecular weight excluding hydrogens is 342 g/mol. The minimum absolute atomic E-state index is 0.285. The molecule has 0 radical (unpaired) electrons. The van der Waals surface area contributed by atoms with E-state index in [1.54, 1.807) is 12.1 Å². The maximum Gasteiger partial charge on any atom is 0.344 e. The van der Waals surface area contributed by atoms with Crippen molar-refractivity contribution in [3.05, 3.63) is 28.2 Å². The van der Waals surface area contributed by atoms with Gasteiger partial charge in [-0.05, 0) is 32.0 Å². The monoisotopic (exact) mass is 357 g/mol. The lowest BCUT2D eigenvalue weighted by atomic mass is 10.0. The zero-order chi connectivity index (χ0) is 15.4. The molecular formula is C14H16BrNO5. The minimum Gasteiger partial charge on any atom is -0.479 e. The van der Waals surface area contributed by atoms with Gasteiger partial charge in [0.05, 0.1) is 0 Å². The van der Waals surface area contributed by atoms with Crippen molar-refractivity contribution in [3.63, 3.8) is 0 Å². The van der Waals surface area contributed by atoms with E-state index in [0.29, 0.717) is 30.2 Å². The quantitative estimate of drug-likeness (QED) is 0.845. The number of hydrogen-bond acceptors (Lipinski definition) is 5. The van der Waals surface area contributed by atoms with Crippen molar-refractivity contribution in [2.75, 3.05) is 13.2 Å². The first-order chi connectivity index (χ1) is 10.0. The molecule has 0 spiro atoms. The van der Waals surface area contributed by atoms with Gasteiger partial charge in [0, 0.05) is 16.6 Å². The highest BCUT2D eigenvalue weighted by molar-refractivity contribution is 9.10. The van der Waals surface area contributed by atoms with Crippen LogP contribution in [0.3, 0.4) is 0 Å². The van der Waals surface area contributed by atoms with Gasteiger partial charge in [-0.3, -0.25) is 0 Å². The molecule has 1 aromatic rings. The fraction of sp³-hybridized carbons (Fsp3) is 0.429. The molecule has 1 unspecified atom stereocenters. The van der Waals surface area contributed by atoms with Crippen LogP contribution >= 0.6 is 15.9 Å². The van der Waals surface area contributed by atoms with Crippen LogP contribution in [0.25, 0.3) is 0 Å². The lowest BCUT2D eigenvalue weighted by Gasteiger charge is -2.17. The summed E-state index contributed by atoms with van der Waals surface area (Å²) >= 11 is 3.39. The van der Waals surface area contributed by atoms with Gasteiger partial charge in [0.15, 0.2) is 6.10 Å². The number of hydrogen-bond donors (Lipinski definition) is 1. The highest BCUT2D eigenvalue weighted by Gasteiger charge is 2.28. The van der Waals surface area contributed by atoms with Gasteiger partial charge in [-0.15, -0.1) is 0 Å². The Balaban J connectivity index is 2.33. The number of halogens is 1. The Hall–Kier alpha value is -1.60. The molecule has 7 heteroatoms. The first kappa shape index (κ1) is 15.8. The van der Waals surface area contributed by atoms with E-state index < -0.39 is 12.1 Å². The van der Waals surface area contributed by atoms with Gasteiger partial charge in [0.2, 0.25) is 0 Å². The smallest absolute Gasteiger partial charge is 0.344 e.